The summed E-state index contributed by atoms with van der Waals surface area (Å²) in [7, 11) is 0. The van der Waals surface area contributed by atoms with Gasteiger partial charge in [-0.15, -0.1) is 0 Å². The first-order valence-corrected chi connectivity index (χ1v) is 9.72. The molecule has 5 aliphatic rings. The smallest absolute Gasteiger partial charge is 0.107 e. The van der Waals surface area contributed by atoms with Crippen LogP contribution in [-0.2, 0) is 5.60 Å². The van der Waals surface area contributed by atoms with E-state index in [0.29, 0.717) is 23.8 Å². The van der Waals surface area contributed by atoms with Gasteiger partial charge in [0.05, 0.1) is 11.6 Å². The van der Waals surface area contributed by atoms with Crippen LogP contribution in [0.25, 0.3) is 0 Å². The molecular formula is C23H27NO3. The van der Waals surface area contributed by atoms with Crippen LogP contribution in [-0.4, -0.2) is 11.1 Å². The van der Waals surface area contributed by atoms with Gasteiger partial charge in [0.25, 0.3) is 0 Å². The Bertz CT molecular complexity index is 842. The van der Waals surface area contributed by atoms with Gasteiger partial charge in [0.1, 0.15) is 6.04 Å². The lowest BCUT2D eigenvalue weighted by molar-refractivity contribution is -0.420. The van der Waals surface area contributed by atoms with Crippen LogP contribution >= 0.6 is 0 Å². The first-order valence-electron chi connectivity index (χ1n) is 9.72. The van der Waals surface area contributed by atoms with Gasteiger partial charge in [-0.05, 0) is 48.6 Å². The van der Waals surface area contributed by atoms with Crippen LogP contribution in [0, 0.1) is 23.2 Å². The average molecular weight is 365 g/mol. The topological polar surface area (TPSA) is 88.0 Å². The van der Waals surface area contributed by atoms with Crippen molar-refractivity contribution in [2.45, 2.75) is 38.3 Å². The summed E-state index contributed by atoms with van der Waals surface area (Å²) in [5, 5.41) is 21.7. The number of carboxylic acids is 1. The minimum Gasteiger partial charge on any atom is -0.545 e. The average Bonchev–Trinajstić information content (AvgIpc) is 3.32. The molecule has 0 aromatic heterocycles. The highest BCUT2D eigenvalue weighted by molar-refractivity contribution is 5.85. The fourth-order valence-electron chi connectivity index (χ4n) is 5.86. The normalized spacial score (nSPS) is 35.9. The van der Waals surface area contributed by atoms with Gasteiger partial charge in [-0.1, -0.05) is 61.5 Å². The molecule has 0 amide bonds. The van der Waals surface area contributed by atoms with Crippen molar-refractivity contribution in [3.05, 3.63) is 71.3 Å². The highest BCUT2D eigenvalue weighted by atomic mass is 16.4. The highest BCUT2D eigenvalue weighted by Gasteiger charge is 2.83. The van der Waals surface area contributed by atoms with Crippen molar-refractivity contribution in [2.75, 3.05) is 0 Å². The molecule has 0 unspecified atom stereocenters. The number of carbonyl (C=O) groups excluding carboxylic acids is 1. The fraction of sp³-hybridized carbons (Fsp3) is 0.435. The molecule has 2 aromatic carbocycles. The molecule has 4 nitrogen and oxygen atoms in total. The van der Waals surface area contributed by atoms with Crippen LogP contribution in [0.4, 0.5) is 0 Å². The van der Waals surface area contributed by atoms with Gasteiger partial charge in [0, 0.05) is 11.0 Å². The van der Waals surface area contributed by atoms with E-state index in [1.165, 1.54) is 24.1 Å². The minimum atomic E-state index is -1.17. The number of carbonyl (C=O) groups is 1. The summed E-state index contributed by atoms with van der Waals surface area (Å²) in [5.74, 6) is 0.534. The number of rotatable bonds is 3. The summed E-state index contributed by atoms with van der Waals surface area (Å²) in [6.07, 6.45) is 2.39. The molecule has 2 aromatic rings. The Labute approximate surface area is 160 Å². The molecule has 27 heavy (non-hydrogen) atoms. The Balaban J connectivity index is 0.000000170. The highest BCUT2D eigenvalue weighted by Crippen LogP contribution is 2.84. The minimum absolute atomic E-state index is 0.0284. The zero-order valence-corrected chi connectivity index (χ0v) is 15.9. The first kappa shape index (κ1) is 18.2. The molecule has 7 rings (SSSR count). The van der Waals surface area contributed by atoms with Gasteiger partial charge in [-0.2, -0.15) is 0 Å². The Kier molecular flexibility index (Phi) is 4.17. The van der Waals surface area contributed by atoms with Gasteiger partial charge in [0.15, 0.2) is 0 Å². The van der Waals surface area contributed by atoms with Crippen molar-refractivity contribution in [1.82, 2.24) is 0 Å². The number of aromatic carboxylic acids is 1. The van der Waals surface area contributed by atoms with E-state index in [0.717, 1.165) is 12.0 Å². The maximum absolute atomic E-state index is 11.0. The van der Waals surface area contributed by atoms with Crippen LogP contribution in [0.5, 0.6) is 0 Å². The molecule has 4 heteroatoms. The maximum Gasteiger partial charge on any atom is 0.107 e. The van der Waals surface area contributed by atoms with Gasteiger partial charge in [-0.3, -0.25) is 0 Å². The van der Waals surface area contributed by atoms with Crippen molar-refractivity contribution >= 4 is 5.97 Å². The van der Waals surface area contributed by atoms with E-state index in [9.17, 15) is 15.0 Å². The van der Waals surface area contributed by atoms with Crippen LogP contribution in [0.1, 0.15) is 54.2 Å². The molecule has 0 heterocycles. The van der Waals surface area contributed by atoms with E-state index in [-0.39, 0.29) is 11.0 Å². The van der Waals surface area contributed by atoms with Gasteiger partial charge < -0.3 is 20.7 Å². The van der Waals surface area contributed by atoms with E-state index in [1.807, 2.05) is 18.2 Å². The van der Waals surface area contributed by atoms with E-state index < -0.39 is 11.6 Å². The molecular weight excluding hydrogens is 338 g/mol. The Hall–Kier alpha value is -2.17. The number of aliphatic hydroxyl groups is 1. The SMILES string of the molecule is C[C@H]([NH3+])c1ccccc1.C[C@]12[C@H]3C[C@H]([C@@H]1C3)[C@@]2(O)c1ccc(C(=O)[O-])cc1. The van der Waals surface area contributed by atoms with E-state index in [4.69, 9.17) is 0 Å². The molecule has 0 spiro atoms. The summed E-state index contributed by atoms with van der Waals surface area (Å²) in [4.78, 5) is 10.7. The molecule has 6 atom stereocenters. The van der Waals surface area contributed by atoms with E-state index >= 15 is 0 Å². The zero-order valence-electron chi connectivity index (χ0n) is 15.9. The Morgan fingerprint density at radius 3 is 2.11 bits per heavy atom. The summed E-state index contributed by atoms with van der Waals surface area (Å²) in [5.41, 5.74) is 5.55. The zero-order chi connectivity index (χ0) is 19.4. The third-order valence-electron chi connectivity index (χ3n) is 7.47. The predicted octanol–water partition coefficient (Wildman–Crippen LogP) is 1.90. The largest absolute Gasteiger partial charge is 0.545 e. The number of hydrogen-bond donors (Lipinski definition) is 2. The molecule has 5 aliphatic carbocycles. The molecule has 4 N–H and O–H groups in total. The summed E-state index contributed by atoms with van der Waals surface area (Å²) >= 11 is 0. The third-order valence-corrected chi connectivity index (χ3v) is 7.47. The molecule has 0 radical (unpaired) electrons. The first-order chi connectivity index (χ1) is 12.8. The van der Waals surface area contributed by atoms with Gasteiger partial charge >= 0.3 is 0 Å². The monoisotopic (exact) mass is 365 g/mol. The lowest BCUT2D eigenvalue weighted by atomic mass is 9.39. The van der Waals surface area contributed by atoms with Crippen molar-refractivity contribution in [1.29, 1.82) is 0 Å². The lowest BCUT2D eigenvalue weighted by Crippen LogP contribution is -2.67. The Morgan fingerprint density at radius 1 is 1.11 bits per heavy atom. The van der Waals surface area contributed by atoms with Crippen LogP contribution in [0.3, 0.4) is 0 Å². The second-order valence-electron chi connectivity index (χ2n) is 8.61. The molecule has 5 saturated carbocycles. The van der Waals surface area contributed by atoms with Crippen LogP contribution < -0.4 is 10.8 Å². The summed E-state index contributed by atoms with van der Waals surface area (Å²) < 4.78 is 0. The third kappa shape index (κ3) is 2.40. The van der Waals surface area contributed by atoms with E-state index in [1.54, 1.807) is 12.1 Å². The van der Waals surface area contributed by atoms with Crippen LogP contribution in [0.15, 0.2) is 54.6 Å². The van der Waals surface area contributed by atoms with Crippen LogP contribution in [0.2, 0.25) is 0 Å². The number of benzene rings is 2. The summed E-state index contributed by atoms with van der Waals surface area (Å²) in [6.45, 7) is 4.28. The van der Waals surface area contributed by atoms with Crippen molar-refractivity contribution in [3.63, 3.8) is 0 Å². The fourth-order valence-corrected chi connectivity index (χ4v) is 5.86. The molecule has 5 fully saturated rings. The van der Waals surface area contributed by atoms with Crippen molar-refractivity contribution < 1.29 is 20.7 Å². The van der Waals surface area contributed by atoms with Gasteiger partial charge in [0.2, 0.25) is 0 Å². The Morgan fingerprint density at radius 2 is 1.70 bits per heavy atom. The molecule has 0 saturated heterocycles. The number of hydrogen-bond acceptors (Lipinski definition) is 3. The second kappa shape index (κ2) is 6.18. The predicted molar refractivity (Wildman–Crippen MR) is 100 cm³/mol. The molecule has 142 valence electrons. The van der Waals surface area contributed by atoms with Gasteiger partial charge in [-0.25, -0.2) is 0 Å². The maximum atomic E-state index is 11.0. The van der Waals surface area contributed by atoms with Crippen molar-refractivity contribution in [3.8, 4) is 0 Å². The quantitative estimate of drug-likeness (QED) is 0.871. The lowest BCUT2D eigenvalue weighted by Gasteiger charge is -2.67. The second-order valence-corrected chi connectivity index (χ2v) is 8.61. The molecule has 4 bridgehead atoms. The van der Waals surface area contributed by atoms with Crippen molar-refractivity contribution in [2.24, 2.45) is 23.2 Å². The number of carboxylic acid groups (broad SMARTS) is 1. The number of quaternary nitrogens is 1. The van der Waals surface area contributed by atoms with E-state index in [2.05, 4.69) is 31.7 Å². The standard InChI is InChI=1S/C15H16O3.C8H11N/c1-14-10-6-11(14)12(7-10)15(14,18)9-4-2-8(3-5-9)13(16)17;1-7(9)8-5-3-2-4-6-8/h2-5,10-12,18H,6-7H2,1H3,(H,16,17);2-7H,9H2,1H3/t10-,11+,12-,14+,15+;7-/m10/s1. The molecule has 0 aliphatic heterocycles. The summed E-state index contributed by atoms with van der Waals surface area (Å²) in [6, 6.07) is 17.3.